The number of carbonyl (C=O) groups is 1. The maximum atomic E-state index is 12.5. The summed E-state index contributed by atoms with van der Waals surface area (Å²) in [5, 5.41) is 24.6. The molecule has 0 saturated carbocycles. The van der Waals surface area contributed by atoms with Gasteiger partial charge in [-0.25, -0.2) is 0 Å². The van der Waals surface area contributed by atoms with Crippen molar-refractivity contribution >= 4 is 22.5 Å². The van der Waals surface area contributed by atoms with Crippen molar-refractivity contribution in [3.8, 4) is 0 Å². The van der Waals surface area contributed by atoms with Crippen LogP contribution in [-0.4, -0.2) is 58.1 Å². The molecule has 8 nitrogen and oxygen atoms in total. The summed E-state index contributed by atoms with van der Waals surface area (Å²) in [5.41, 5.74) is -0.509. The zero-order valence-electron chi connectivity index (χ0n) is 13.2. The molecule has 1 amide bonds. The third kappa shape index (κ3) is 3.06. The van der Waals surface area contributed by atoms with Crippen LogP contribution in [0.15, 0.2) is 30.5 Å². The third-order valence-electron chi connectivity index (χ3n) is 4.29. The first-order valence-electron chi connectivity index (χ1n) is 7.61. The molecular weight excluding hydrogens is 312 g/mol. The lowest BCUT2D eigenvalue weighted by Gasteiger charge is -2.22. The van der Waals surface area contributed by atoms with Crippen LogP contribution in [0.5, 0.6) is 0 Å². The Balaban J connectivity index is 1.85. The monoisotopic (exact) mass is 330 g/mol. The molecule has 1 aromatic heterocycles. The predicted molar refractivity (Wildman–Crippen MR) is 87.8 cm³/mol. The summed E-state index contributed by atoms with van der Waals surface area (Å²) in [5.74, 6) is -0.406. The van der Waals surface area contributed by atoms with E-state index < -0.39 is 16.4 Å². The summed E-state index contributed by atoms with van der Waals surface area (Å²) in [4.78, 5) is 29.2. The van der Waals surface area contributed by atoms with Gasteiger partial charge in [0.1, 0.15) is 0 Å². The smallest absolute Gasteiger partial charge is 0.278 e. The van der Waals surface area contributed by atoms with Crippen LogP contribution >= 0.6 is 0 Å². The molecule has 24 heavy (non-hydrogen) atoms. The molecule has 1 unspecified atom stereocenters. The predicted octanol–water partition coefficient (Wildman–Crippen LogP) is 0.939. The first kappa shape index (κ1) is 16.3. The molecule has 8 heteroatoms. The number of nitro benzene ring substituents is 1. The minimum atomic E-state index is -0.950. The van der Waals surface area contributed by atoms with Gasteiger partial charge < -0.3 is 15.3 Å². The van der Waals surface area contributed by atoms with Crippen molar-refractivity contribution in [3.05, 3.63) is 46.1 Å². The molecule has 1 atom stereocenters. The number of likely N-dealkylation sites (tertiary alicyclic amines) is 1. The van der Waals surface area contributed by atoms with Crippen LogP contribution in [0.3, 0.4) is 0 Å². The number of non-ortho nitro benzene ring substituents is 1. The van der Waals surface area contributed by atoms with Gasteiger partial charge in [-0.05, 0) is 31.7 Å². The molecule has 1 aliphatic heterocycles. The fraction of sp³-hybridized carbons (Fsp3) is 0.375. The lowest BCUT2D eigenvalue weighted by atomic mass is 10.0. The quantitative estimate of drug-likeness (QED) is 0.638. The van der Waals surface area contributed by atoms with Gasteiger partial charge in [0.15, 0.2) is 0 Å². The number of aromatic nitrogens is 1. The van der Waals surface area contributed by atoms with E-state index in [1.807, 2.05) is 11.9 Å². The molecule has 0 aliphatic carbocycles. The SMILES string of the molecule is CN1CCC(O)(CNC(=O)c2ccc([N+](=O)[O-])c3cccnc23)C1. The van der Waals surface area contributed by atoms with E-state index >= 15 is 0 Å². The lowest BCUT2D eigenvalue weighted by Crippen LogP contribution is -2.44. The average molecular weight is 330 g/mol. The number of benzene rings is 1. The van der Waals surface area contributed by atoms with Crippen LogP contribution < -0.4 is 5.32 Å². The molecule has 126 valence electrons. The van der Waals surface area contributed by atoms with Gasteiger partial charge in [0, 0.05) is 31.9 Å². The van der Waals surface area contributed by atoms with E-state index in [-0.39, 0.29) is 23.3 Å². The summed E-state index contributed by atoms with van der Waals surface area (Å²) in [6.45, 7) is 1.39. The van der Waals surface area contributed by atoms with E-state index in [1.165, 1.54) is 18.3 Å². The molecule has 1 aromatic carbocycles. The number of nitrogens with zero attached hydrogens (tertiary/aromatic N) is 3. The van der Waals surface area contributed by atoms with E-state index in [0.717, 1.165) is 6.54 Å². The summed E-state index contributed by atoms with van der Waals surface area (Å²) in [6, 6.07) is 5.86. The first-order valence-corrected chi connectivity index (χ1v) is 7.61. The van der Waals surface area contributed by atoms with Gasteiger partial charge in [-0.3, -0.25) is 19.9 Å². The highest BCUT2D eigenvalue weighted by Crippen LogP contribution is 2.27. The molecule has 1 fully saturated rings. The lowest BCUT2D eigenvalue weighted by molar-refractivity contribution is -0.383. The van der Waals surface area contributed by atoms with E-state index in [0.29, 0.717) is 18.4 Å². The molecule has 1 aliphatic rings. The number of amides is 1. The van der Waals surface area contributed by atoms with Gasteiger partial charge in [0.25, 0.3) is 11.6 Å². The molecule has 3 rings (SSSR count). The Morgan fingerprint density at radius 3 is 2.96 bits per heavy atom. The Morgan fingerprint density at radius 1 is 1.50 bits per heavy atom. The third-order valence-corrected chi connectivity index (χ3v) is 4.29. The second-order valence-electron chi connectivity index (χ2n) is 6.18. The second kappa shape index (κ2) is 6.14. The number of nitro groups is 1. The highest BCUT2D eigenvalue weighted by molar-refractivity contribution is 6.07. The Labute approximate surface area is 138 Å². The van der Waals surface area contributed by atoms with Crippen molar-refractivity contribution in [2.24, 2.45) is 0 Å². The van der Waals surface area contributed by atoms with E-state index in [4.69, 9.17) is 0 Å². The molecule has 0 bridgehead atoms. The van der Waals surface area contributed by atoms with Gasteiger partial charge in [-0.15, -0.1) is 0 Å². The van der Waals surface area contributed by atoms with Crippen LogP contribution in [0.2, 0.25) is 0 Å². The maximum Gasteiger partial charge on any atom is 0.278 e. The van der Waals surface area contributed by atoms with E-state index in [9.17, 15) is 20.0 Å². The standard InChI is InChI=1S/C16H18N4O4/c1-19-8-6-16(22,10-19)9-18-15(21)12-4-5-13(20(23)24)11-3-2-7-17-14(11)12/h2-5,7,22H,6,8-10H2,1H3,(H,18,21). The summed E-state index contributed by atoms with van der Waals surface area (Å²) < 4.78 is 0. The van der Waals surface area contributed by atoms with Crippen LogP contribution in [0.1, 0.15) is 16.8 Å². The largest absolute Gasteiger partial charge is 0.387 e. The fourth-order valence-electron chi connectivity index (χ4n) is 3.04. The number of hydrogen-bond acceptors (Lipinski definition) is 6. The van der Waals surface area contributed by atoms with Crippen molar-refractivity contribution < 1.29 is 14.8 Å². The van der Waals surface area contributed by atoms with Gasteiger partial charge in [-0.2, -0.15) is 0 Å². The van der Waals surface area contributed by atoms with Crippen LogP contribution in [-0.2, 0) is 0 Å². The number of nitrogens with one attached hydrogen (secondary N) is 1. The normalized spacial score (nSPS) is 21.1. The van der Waals surface area contributed by atoms with Gasteiger partial charge in [0.05, 0.1) is 27.0 Å². The second-order valence-corrected chi connectivity index (χ2v) is 6.18. The summed E-state index contributed by atoms with van der Waals surface area (Å²) in [7, 11) is 1.91. The van der Waals surface area contributed by atoms with Crippen molar-refractivity contribution in [3.63, 3.8) is 0 Å². The molecular formula is C16H18N4O4. The number of hydrogen-bond donors (Lipinski definition) is 2. The molecule has 2 heterocycles. The molecule has 2 N–H and O–H groups in total. The number of rotatable bonds is 4. The summed E-state index contributed by atoms with van der Waals surface area (Å²) in [6.07, 6.45) is 2.07. The number of pyridine rings is 1. The highest BCUT2D eigenvalue weighted by atomic mass is 16.6. The van der Waals surface area contributed by atoms with Crippen molar-refractivity contribution in [1.82, 2.24) is 15.2 Å². The Morgan fingerprint density at radius 2 is 2.29 bits per heavy atom. The van der Waals surface area contributed by atoms with Crippen LogP contribution in [0.4, 0.5) is 5.69 Å². The fourth-order valence-corrected chi connectivity index (χ4v) is 3.04. The molecule has 2 aromatic rings. The van der Waals surface area contributed by atoms with Gasteiger partial charge in [-0.1, -0.05) is 0 Å². The zero-order valence-corrected chi connectivity index (χ0v) is 13.2. The van der Waals surface area contributed by atoms with Crippen molar-refractivity contribution in [2.75, 3.05) is 26.7 Å². The van der Waals surface area contributed by atoms with E-state index in [1.54, 1.807) is 12.1 Å². The van der Waals surface area contributed by atoms with Crippen molar-refractivity contribution in [2.45, 2.75) is 12.0 Å². The number of β-amino-alcohol motifs (C(OH)–C–C–N with tert-alkyl or cyclic N) is 1. The highest BCUT2D eigenvalue weighted by Gasteiger charge is 2.34. The Bertz CT molecular complexity index is 810. The topological polar surface area (TPSA) is 109 Å². The van der Waals surface area contributed by atoms with Gasteiger partial charge in [0.2, 0.25) is 0 Å². The minimum Gasteiger partial charge on any atom is -0.387 e. The summed E-state index contributed by atoms with van der Waals surface area (Å²) >= 11 is 0. The first-order chi connectivity index (χ1) is 11.4. The number of fused-ring (bicyclic) bond motifs is 1. The molecule has 0 radical (unpaired) electrons. The molecule has 1 saturated heterocycles. The number of likely N-dealkylation sites (N-methyl/N-ethyl adjacent to an activating group) is 1. The Hall–Kier alpha value is -2.58. The average Bonchev–Trinajstić information content (AvgIpc) is 2.91. The van der Waals surface area contributed by atoms with Gasteiger partial charge >= 0.3 is 0 Å². The number of carbonyl (C=O) groups excluding carboxylic acids is 1. The number of aliphatic hydroxyl groups is 1. The molecule has 0 spiro atoms. The minimum absolute atomic E-state index is 0.0919. The Kier molecular flexibility index (Phi) is 4.16. The van der Waals surface area contributed by atoms with Crippen LogP contribution in [0, 0.1) is 10.1 Å². The van der Waals surface area contributed by atoms with Crippen LogP contribution in [0.25, 0.3) is 10.9 Å². The maximum absolute atomic E-state index is 12.5. The van der Waals surface area contributed by atoms with Crippen molar-refractivity contribution in [1.29, 1.82) is 0 Å². The zero-order chi connectivity index (χ0) is 17.3. The van der Waals surface area contributed by atoms with E-state index in [2.05, 4.69) is 10.3 Å².